The standard InChI is InChI=1S/C24H48N2O4/c1-8-11-16-26(22-23(30-22)28-20(6)9-2)17-14-12-13-15-21(7)29-24(27)25(10-3)18-19(4)5/h19-23H,8-18H2,1-7H3. The zero-order chi connectivity index (χ0) is 22.5. The van der Waals surface area contributed by atoms with Gasteiger partial charge in [-0.15, -0.1) is 0 Å². The summed E-state index contributed by atoms with van der Waals surface area (Å²) < 4.78 is 17.3. The van der Waals surface area contributed by atoms with Crippen LogP contribution in [0.1, 0.15) is 93.4 Å². The van der Waals surface area contributed by atoms with Gasteiger partial charge in [0.05, 0.1) is 6.10 Å². The van der Waals surface area contributed by atoms with E-state index in [1.165, 1.54) is 12.8 Å². The Morgan fingerprint density at radius 3 is 2.27 bits per heavy atom. The van der Waals surface area contributed by atoms with Gasteiger partial charge in [0.25, 0.3) is 0 Å². The maximum atomic E-state index is 12.3. The van der Waals surface area contributed by atoms with Crippen molar-refractivity contribution in [1.29, 1.82) is 0 Å². The highest BCUT2D eigenvalue weighted by Crippen LogP contribution is 2.29. The molecule has 0 radical (unpaired) electrons. The minimum absolute atomic E-state index is 0.0324. The zero-order valence-corrected chi connectivity index (χ0v) is 20.7. The largest absolute Gasteiger partial charge is 0.446 e. The molecule has 0 aromatic carbocycles. The summed E-state index contributed by atoms with van der Waals surface area (Å²) in [6.45, 7) is 18.3. The highest BCUT2D eigenvalue weighted by atomic mass is 16.8. The Bertz CT molecular complexity index is 460. The lowest BCUT2D eigenvalue weighted by Gasteiger charge is -2.24. The molecule has 4 unspecified atom stereocenters. The number of carbonyl (C=O) groups is 1. The number of hydrogen-bond donors (Lipinski definition) is 0. The molecular weight excluding hydrogens is 380 g/mol. The SMILES string of the molecule is CCCCN(CCCCCC(C)OC(=O)N(CC)CC(C)C)C1OC1OC(C)CC. The molecular formula is C24H48N2O4. The average molecular weight is 429 g/mol. The fraction of sp³-hybridized carbons (Fsp3) is 0.958. The summed E-state index contributed by atoms with van der Waals surface area (Å²) in [5.74, 6) is 0.453. The summed E-state index contributed by atoms with van der Waals surface area (Å²) >= 11 is 0. The molecule has 1 saturated heterocycles. The first-order valence-electron chi connectivity index (χ1n) is 12.3. The van der Waals surface area contributed by atoms with Crippen molar-refractivity contribution in [2.75, 3.05) is 26.2 Å². The molecule has 6 heteroatoms. The average Bonchev–Trinajstić information content (AvgIpc) is 3.46. The Labute approximate surface area is 185 Å². The molecule has 30 heavy (non-hydrogen) atoms. The number of ether oxygens (including phenoxy) is 3. The molecule has 1 fully saturated rings. The summed E-state index contributed by atoms with van der Waals surface area (Å²) in [5, 5.41) is 0. The van der Waals surface area contributed by atoms with Crippen molar-refractivity contribution in [1.82, 2.24) is 9.80 Å². The van der Waals surface area contributed by atoms with Crippen molar-refractivity contribution in [3.05, 3.63) is 0 Å². The van der Waals surface area contributed by atoms with Crippen LogP contribution in [0, 0.1) is 5.92 Å². The summed E-state index contributed by atoms with van der Waals surface area (Å²) in [6, 6.07) is 0. The Morgan fingerprint density at radius 1 is 0.967 bits per heavy atom. The van der Waals surface area contributed by atoms with E-state index in [0.29, 0.717) is 12.5 Å². The fourth-order valence-corrected chi connectivity index (χ4v) is 3.50. The smallest absolute Gasteiger partial charge is 0.410 e. The van der Waals surface area contributed by atoms with Crippen molar-refractivity contribution < 1.29 is 19.0 Å². The lowest BCUT2D eigenvalue weighted by atomic mass is 10.1. The predicted octanol–water partition coefficient (Wildman–Crippen LogP) is 5.65. The van der Waals surface area contributed by atoms with Gasteiger partial charge in [0.1, 0.15) is 6.10 Å². The number of epoxide rings is 1. The summed E-state index contributed by atoms with van der Waals surface area (Å²) in [6.07, 6.45) is 7.77. The van der Waals surface area contributed by atoms with Crippen molar-refractivity contribution >= 4 is 6.09 Å². The van der Waals surface area contributed by atoms with Crippen LogP contribution in [0.4, 0.5) is 4.79 Å². The van der Waals surface area contributed by atoms with E-state index in [0.717, 1.165) is 51.7 Å². The maximum Gasteiger partial charge on any atom is 0.410 e. The summed E-state index contributed by atoms with van der Waals surface area (Å²) in [4.78, 5) is 16.5. The lowest BCUT2D eigenvalue weighted by Crippen LogP contribution is -2.36. The molecule has 6 nitrogen and oxygen atoms in total. The summed E-state index contributed by atoms with van der Waals surface area (Å²) in [5.41, 5.74) is 0. The van der Waals surface area contributed by atoms with Crippen LogP contribution in [0.25, 0.3) is 0 Å². The molecule has 1 amide bonds. The zero-order valence-electron chi connectivity index (χ0n) is 20.7. The predicted molar refractivity (Wildman–Crippen MR) is 122 cm³/mol. The van der Waals surface area contributed by atoms with Gasteiger partial charge in [0, 0.05) is 26.2 Å². The minimum Gasteiger partial charge on any atom is -0.446 e. The first-order chi connectivity index (χ1) is 14.3. The van der Waals surface area contributed by atoms with Crippen LogP contribution >= 0.6 is 0 Å². The fourth-order valence-electron chi connectivity index (χ4n) is 3.50. The lowest BCUT2D eigenvalue weighted by molar-refractivity contribution is -0.00363. The van der Waals surface area contributed by atoms with E-state index in [1.807, 2.05) is 13.8 Å². The number of rotatable bonds is 17. The first-order valence-corrected chi connectivity index (χ1v) is 12.3. The van der Waals surface area contributed by atoms with Crippen molar-refractivity contribution in [2.45, 2.75) is 118 Å². The molecule has 0 spiro atoms. The number of carbonyl (C=O) groups excluding carboxylic acids is 1. The Balaban J connectivity index is 2.25. The van der Waals surface area contributed by atoms with E-state index in [-0.39, 0.29) is 30.8 Å². The molecule has 0 aromatic rings. The monoisotopic (exact) mass is 428 g/mol. The van der Waals surface area contributed by atoms with Gasteiger partial charge in [0.2, 0.25) is 0 Å². The molecule has 0 aromatic heterocycles. The topological polar surface area (TPSA) is 54.5 Å². The molecule has 1 heterocycles. The third-order valence-electron chi connectivity index (χ3n) is 5.61. The van der Waals surface area contributed by atoms with E-state index in [9.17, 15) is 4.79 Å². The molecule has 1 rings (SSSR count). The molecule has 1 aliphatic heterocycles. The second-order valence-corrected chi connectivity index (χ2v) is 9.12. The van der Waals surface area contributed by atoms with Crippen LogP contribution < -0.4 is 0 Å². The number of hydrogen-bond acceptors (Lipinski definition) is 5. The van der Waals surface area contributed by atoms with Crippen molar-refractivity contribution in [3.8, 4) is 0 Å². The van der Waals surface area contributed by atoms with Crippen molar-refractivity contribution in [2.24, 2.45) is 5.92 Å². The van der Waals surface area contributed by atoms with Gasteiger partial charge in [-0.05, 0) is 58.8 Å². The van der Waals surface area contributed by atoms with E-state index in [2.05, 4.69) is 39.5 Å². The normalized spacial score (nSPS) is 20.4. The van der Waals surface area contributed by atoms with Crippen molar-refractivity contribution in [3.63, 3.8) is 0 Å². The van der Waals surface area contributed by atoms with E-state index < -0.39 is 0 Å². The second-order valence-electron chi connectivity index (χ2n) is 9.12. The molecule has 178 valence electrons. The molecule has 0 aliphatic carbocycles. The quantitative estimate of drug-likeness (QED) is 0.221. The van der Waals surface area contributed by atoms with Crippen LogP contribution in [0.2, 0.25) is 0 Å². The van der Waals surface area contributed by atoms with Gasteiger partial charge < -0.3 is 19.1 Å². The van der Waals surface area contributed by atoms with Crippen LogP contribution in [0.5, 0.6) is 0 Å². The highest BCUT2D eigenvalue weighted by Gasteiger charge is 2.45. The van der Waals surface area contributed by atoms with Gasteiger partial charge in [-0.25, -0.2) is 4.79 Å². The third-order valence-corrected chi connectivity index (χ3v) is 5.61. The van der Waals surface area contributed by atoms with Crippen LogP contribution in [0.15, 0.2) is 0 Å². The highest BCUT2D eigenvalue weighted by molar-refractivity contribution is 5.67. The number of amides is 1. The van der Waals surface area contributed by atoms with E-state index >= 15 is 0 Å². The Hall–Kier alpha value is -0.850. The van der Waals surface area contributed by atoms with Gasteiger partial charge in [-0.3, -0.25) is 4.90 Å². The Morgan fingerprint density at radius 2 is 1.67 bits per heavy atom. The van der Waals surface area contributed by atoms with Gasteiger partial charge >= 0.3 is 6.09 Å². The molecule has 1 aliphatic rings. The molecule has 0 N–H and O–H groups in total. The van der Waals surface area contributed by atoms with Gasteiger partial charge in [-0.1, -0.05) is 40.5 Å². The van der Waals surface area contributed by atoms with Crippen LogP contribution in [-0.4, -0.2) is 66.8 Å². The number of unbranched alkanes of at least 4 members (excludes halogenated alkanes) is 3. The molecule has 0 bridgehead atoms. The van der Waals surface area contributed by atoms with Gasteiger partial charge in [-0.2, -0.15) is 0 Å². The maximum absolute atomic E-state index is 12.3. The number of nitrogens with zero attached hydrogens (tertiary/aromatic N) is 2. The van der Waals surface area contributed by atoms with Gasteiger partial charge in [0.15, 0.2) is 12.5 Å². The van der Waals surface area contributed by atoms with Crippen LogP contribution in [0.3, 0.4) is 0 Å². The van der Waals surface area contributed by atoms with E-state index in [1.54, 1.807) is 4.90 Å². The third kappa shape index (κ3) is 11.0. The summed E-state index contributed by atoms with van der Waals surface area (Å²) in [7, 11) is 0. The minimum atomic E-state index is -0.178. The molecule has 4 atom stereocenters. The first kappa shape index (κ1) is 27.2. The van der Waals surface area contributed by atoms with E-state index in [4.69, 9.17) is 14.2 Å². The second kappa shape index (κ2) is 15.0. The van der Waals surface area contributed by atoms with Crippen LogP contribution in [-0.2, 0) is 14.2 Å². The molecule has 0 saturated carbocycles. The Kier molecular flexibility index (Phi) is 13.6.